The van der Waals surface area contributed by atoms with Crippen LogP contribution >= 0.6 is 12.2 Å². The van der Waals surface area contributed by atoms with Crippen molar-refractivity contribution in [3.05, 3.63) is 0 Å². The smallest absolute Gasteiger partial charge is 0.249 e. The van der Waals surface area contributed by atoms with Gasteiger partial charge in [0.2, 0.25) is 11.8 Å². The number of hydrogen-bond acceptors (Lipinski definition) is 4. The van der Waals surface area contributed by atoms with Crippen molar-refractivity contribution in [2.75, 3.05) is 6.54 Å². The van der Waals surface area contributed by atoms with E-state index in [2.05, 4.69) is 5.32 Å². The molecule has 5 nitrogen and oxygen atoms in total. The van der Waals surface area contributed by atoms with Gasteiger partial charge in [-0.1, -0.05) is 0 Å². The molecule has 84 valence electrons. The number of rotatable bonds is 4. The lowest BCUT2D eigenvalue weighted by Crippen LogP contribution is -2.38. The Kier molecular flexibility index (Phi) is 4.16. The number of nitrogens with two attached hydrogens (primary N) is 1. The summed E-state index contributed by atoms with van der Waals surface area (Å²) < 4.78 is 0. The van der Waals surface area contributed by atoms with Crippen LogP contribution in [0.25, 0.3) is 0 Å². The predicted octanol–water partition coefficient (Wildman–Crippen LogP) is -0.253. The molecule has 1 heterocycles. The van der Waals surface area contributed by atoms with Crippen molar-refractivity contribution in [1.29, 1.82) is 0 Å². The third-order valence-electron chi connectivity index (χ3n) is 2.33. The van der Waals surface area contributed by atoms with Gasteiger partial charge in [-0.25, -0.2) is 0 Å². The first-order valence-corrected chi connectivity index (χ1v) is 5.33. The van der Waals surface area contributed by atoms with Gasteiger partial charge in [-0.15, -0.1) is 0 Å². The zero-order valence-electron chi connectivity index (χ0n) is 8.66. The fourth-order valence-electron chi connectivity index (χ4n) is 1.61. The molecule has 1 aliphatic heterocycles. The monoisotopic (exact) mass is 229 g/mol. The summed E-state index contributed by atoms with van der Waals surface area (Å²) in [5.41, 5.74) is 5.36. The van der Waals surface area contributed by atoms with E-state index in [1.54, 1.807) is 0 Å². The third-order valence-corrected chi connectivity index (χ3v) is 2.63. The maximum atomic E-state index is 11.5. The predicted molar refractivity (Wildman–Crippen MR) is 60.0 cm³/mol. The lowest BCUT2D eigenvalue weighted by Gasteiger charge is -2.19. The second-order valence-corrected chi connectivity index (χ2v) is 3.87. The highest BCUT2D eigenvalue weighted by Gasteiger charge is 2.37. The molecular formula is C9H15N3O2S. The number of carbonyl (C=O) groups excluding carboxylic acids is 2. The number of nitrogens with one attached hydrogen (secondary N) is 1. The molecular weight excluding hydrogens is 214 g/mol. The number of unbranched alkanes of at least 4 members (excludes halogenated alkanes) is 1. The van der Waals surface area contributed by atoms with E-state index >= 15 is 0 Å². The molecule has 0 radical (unpaired) electrons. The average molecular weight is 229 g/mol. The van der Waals surface area contributed by atoms with E-state index in [0.29, 0.717) is 13.0 Å². The molecule has 0 aromatic heterocycles. The molecule has 0 bridgehead atoms. The van der Waals surface area contributed by atoms with Crippen molar-refractivity contribution in [2.24, 2.45) is 5.73 Å². The first-order chi connectivity index (χ1) is 7.07. The van der Waals surface area contributed by atoms with Crippen LogP contribution in [0.5, 0.6) is 0 Å². The van der Waals surface area contributed by atoms with E-state index in [1.807, 2.05) is 0 Å². The number of amides is 2. The molecule has 3 N–H and O–H groups in total. The molecule has 0 aromatic rings. The Morgan fingerprint density at radius 3 is 2.80 bits per heavy atom. The zero-order chi connectivity index (χ0) is 11.4. The fourth-order valence-corrected chi connectivity index (χ4v) is 1.97. The van der Waals surface area contributed by atoms with Gasteiger partial charge in [0.05, 0.1) is 0 Å². The Morgan fingerprint density at radius 1 is 1.60 bits per heavy atom. The van der Waals surface area contributed by atoms with Gasteiger partial charge in [0.15, 0.2) is 5.11 Å². The van der Waals surface area contributed by atoms with Crippen molar-refractivity contribution >= 4 is 29.1 Å². The van der Waals surface area contributed by atoms with Gasteiger partial charge in [-0.3, -0.25) is 14.5 Å². The molecule has 0 unspecified atom stereocenters. The van der Waals surface area contributed by atoms with Crippen LogP contribution in [0.4, 0.5) is 0 Å². The van der Waals surface area contributed by atoms with Gasteiger partial charge in [0.25, 0.3) is 0 Å². The Bertz CT molecular complexity index is 293. The molecule has 0 aliphatic carbocycles. The number of hydrogen-bond donors (Lipinski definition) is 2. The van der Waals surface area contributed by atoms with Gasteiger partial charge in [0, 0.05) is 6.92 Å². The summed E-state index contributed by atoms with van der Waals surface area (Å²) in [6, 6.07) is -0.443. The summed E-state index contributed by atoms with van der Waals surface area (Å²) in [5.74, 6) is -0.386. The molecule has 1 atom stereocenters. The number of nitrogens with zero attached hydrogens (tertiary/aromatic N) is 1. The van der Waals surface area contributed by atoms with E-state index in [-0.39, 0.29) is 16.9 Å². The summed E-state index contributed by atoms with van der Waals surface area (Å²) >= 11 is 4.90. The van der Waals surface area contributed by atoms with Crippen molar-refractivity contribution in [3.8, 4) is 0 Å². The van der Waals surface area contributed by atoms with Crippen molar-refractivity contribution in [3.63, 3.8) is 0 Å². The van der Waals surface area contributed by atoms with E-state index in [4.69, 9.17) is 18.0 Å². The maximum Gasteiger partial charge on any atom is 0.249 e. The summed E-state index contributed by atoms with van der Waals surface area (Å²) in [6.45, 7) is 2.00. The van der Waals surface area contributed by atoms with Crippen LogP contribution in [0.15, 0.2) is 0 Å². The quantitative estimate of drug-likeness (QED) is 0.515. The van der Waals surface area contributed by atoms with E-state index in [1.165, 1.54) is 11.8 Å². The van der Waals surface area contributed by atoms with Crippen LogP contribution < -0.4 is 11.1 Å². The van der Waals surface area contributed by atoms with E-state index < -0.39 is 6.04 Å². The highest BCUT2D eigenvalue weighted by molar-refractivity contribution is 7.80. The van der Waals surface area contributed by atoms with Crippen LogP contribution in [-0.2, 0) is 9.59 Å². The van der Waals surface area contributed by atoms with Gasteiger partial charge >= 0.3 is 0 Å². The Balaban J connectivity index is 2.62. The average Bonchev–Trinajstić information content (AvgIpc) is 2.42. The van der Waals surface area contributed by atoms with Crippen molar-refractivity contribution in [1.82, 2.24) is 10.2 Å². The van der Waals surface area contributed by atoms with Crippen LogP contribution in [0.2, 0.25) is 0 Å². The second kappa shape index (κ2) is 5.18. The van der Waals surface area contributed by atoms with Gasteiger partial charge in [-0.05, 0) is 38.0 Å². The summed E-state index contributed by atoms with van der Waals surface area (Å²) in [5, 5.41) is 2.70. The van der Waals surface area contributed by atoms with Crippen LogP contribution in [-0.4, -0.2) is 34.4 Å². The van der Waals surface area contributed by atoms with Crippen LogP contribution in [0.1, 0.15) is 26.2 Å². The van der Waals surface area contributed by atoms with Crippen molar-refractivity contribution in [2.45, 2.75) is 32.2 Å². The number of thiocarbonyl (C=S) groups is 1. The minimum absolute atomic E-state index is 0.188. The Labute approximate surface area is 94.0 Å². The molecule has 0 aromatic carbocycles. The standard InChI is InChI=1S/C9H15N3O2S/c1-6(13)12-7(4-2-3-5-10)8(14)11-9(12)15/h7H,2-5,10H2,1H3,(H,11,14,15)/t7-/m0/s1. The summed E-state index contributed by atoms with van der Waals surface area (Å²) in [6.07, 6.45) is 2.28. The molecule has 6 heteroatoms. The second-order valence-electron chi connectivity index (χ2n) is 3.48. The first kappa shape index (κ1) is 12.1. The fraction of sp³-hybridized carbons (Fsp3) is 0.667. The van der Waals surface area contributed by atoms with Crippen LogP contribution in [0.3, 0.4) is 0 Å². The molecule has 0 spiro atoms. The van der Waals surface area contributed by atoms with E-state index in [0.717, 1.165) is 12.8 Å². The molecule has 2 amide bonds. The lowest BCUT2D eigenvalue weighted by molar-refractivity contribution is -0.131. The maximum absolute atomic E-state index is 11.5. The molecule has 1 saturated heterocycles. The highest BCUT2D eigenvalue weighted by Crippen LogP contribution is 2.15. The summed E-state index contributed by atoms with van der Waals surface area (Å²) in [4.78, 5) is 24.1. The normalized spacial score (nSPS) is 20.7. The lowest BCUT2D eigenvalue weighted by atomic mass is 10.1. The van der Waals surface area contributed by atoms with Gasteiger partial charge in [-0.2, -0.15) is 0 Å². The van der Waals surface area contributed by atoms with Gasteiger partial charge < -0.3 is 11.1 Å². The zero-order valence-corrected chi connectivity index (χ0v) is 9.47. The Hall–Kier alpha value is -1.01. The summed E-state index contributed by atoms with van der Waals surface area (Å²) in [7, 11) is 0. The number of carbonyl (C=O) groups is 2. The topological polar surface area (TPSA) is 75.4 Å². The SMILES string of the molecule is CC(=O)N1C(=S)NC(=O)[C@@H]1CCCCN. The largest absolute Gasteiger partial charge is 0.330 e. The first-order valence-electron chi connectivity index (χ1n) is 4.92. The van der Waals surface area contributed by atoms with Crippen LogP contribution in [0, 0.1) is 0 Å². The minimum atomic E-state index is -0.443. The molecule has 1 aliphatic rings. The minimum Gasteiger partial charge on any atom is -0.330 e. The highest BCUT2D eigenvalue weighted by atomic mass is 32.1. The van der Waals surface area contributed by atoms with Crippen molar-refractivity contribution < 1.29 is 9.59 Å². The van der Waals surface area contributed by atoms with E-state index in [9.17, 15) is 9.59 Å². The van der Waals surface area contributed by atoms with Gasteiger partial charge in [0.1, 0.15) is 6.04 Å². The Morgan fingerprint density at radius 2 is 2.27 bits per heavy atom. The molecule has 1 rings (SSSR count). The molecule has 1 fully saturated rings. The molecule has 15 heavy (non-hydrogen) atoms. The third kappa shape index (κ3) is 2.73. The molecule has 0 saturated carbocycles.